The minimum atomic E-state index is -0.974. The minimum Gasteiger partial charge on any atom is -0.481 e. The number of rotatable bonds is 28. The number of aliphatic hydroxyl groups excluding tert-OH is 1. The normalized spacial score (nSPS) is 11.4. The highest BCUT2D eigenvalue weighted by molar-refractivity contribution is 5.94. The molecule has 1 heterocycles. The van der Waals surface area contributed by atoms with Crippen molar-refractivity contribution in [3.63, 3.8) is 0 Å². The summed E-state index contributed by atoms with van der Waals surface area (Å²) < 4.78 is 27.0. The molecule has 0 aliphatic rings. The van der Waals surface area contributed by atoms with Crippen molar-refractivity contribution >= 4 is 54.8 Å². The molecule has 412 valence electrons. The predicted octanol–water partition coefficient (Wildman–Crippen LogP) is 6.47. The smallest absolute Gasteiger partial charge is 0.414 e. The van der Waals surface area contributed by atoms with Crippen LogP contribution in [0.2, 0.25) is 0 Å². The molecule has 0 fully saturated rings. The van der Waals surface area contributed by atoms with Crippen LogP contribution in [0.5, 0.6) is 11.5 Å². The number of furan rings is 1. The highest BCUT2D eigenvalue weighted by Crippen LogP contribution is 2.29. The van der Waals surface area contributed by atoms with Gasteiger partial charge in [-0.25, -0.2) is 14.4 Å². The van der Waals surface area contributed by atoms with Crippen molar-refractivity contribution in [2.45, 2.75) is 77.7 Å². The molecule has 0 radical (unpaired) electrons. The number of likely N-dealkylation sites (N-methyl/N-ethyl adjacent to an activating group) is 1. The Morgan fingerprint density at radius 3 is 2.00 bits per heavy atom. The standard InChI is InChI=1S/C43H48N4O12.C12H15NO3.CH4O/c1-5-7-9-16-32(34(6-2)47(28-49)59-42(53)33-17-12-13-18-36(33)58-43(54)46(3)4)40(51)44-27-45-41(52)37-22-21-35(57-37)30-19-20-31(24-48)38(23-30)55-26-39(50)56-25-29-14-10-8-11-15-29;1-13-11(7-8-14)12(15)16-9-10-5-3-2-4-6-10;1-2/h8,10-15,17-24,28,32,34H,5-7,9,16,25-27H2,1-4H3,(H,44,51)(H,45,52);2-6,8,11,13H,7,9H2,1H3;2H,1H3. The van der Waals surface area contributed by atoms with Gasteiger partial charge in [0.15, 0.2) is 18.7 Å². The maximum absolute atomic E-state index is 13.6. The zero-order valence-corrected chi connectivity index (χ0v) is 44.0. The molecule has 21 heteroatoms. The second-order valence-electron chi connectivity index (χ2n) is 16.7. The quantitative estimate of drug-likeness (QED) is 0.0137. The van der Waals surface area contributed by atoms with Gasteiger partial charge in [-0.3, -0.25) is 24.0 Å². The molecule has 3 unspecified atom stereocenters. The SMILES string of the molecule is CCCCCC(C(=O)NCNC(=O)c1ccc(-c2ccc(C=O)c(OCC(=O)OCc3ccccc3)c2)o1)C(CC)N(C=O)OC(=O)c1ccccc1OC(=O)N(C)C.CNC(CC=O)C(=O)OCc1ccccc1.CO. The van der Waals surface area contributed by atoms with Crippen LogP contribution in [0.3, 0.4) is 0 Å². The van der Waals surface area contributed by atoms with Gasteiger partial charge in [0.1, 0.15) is 48.4 Å². The Morgan fingerprint density at radius 1 is 0.753 bits per heavy atom. The lowest BCUT2D eigenvalue weighted by Crippen LogP contribution is -2.49. The fourth-order valence-electron chi connectivity index (χ4n) is 7.10. The van der Waals surface area contributed by atoms with Crippen molar-refractivity contribution in [1.82, 2.24) is 25.9 Å². The molecular weight excluding hydrogens is 999 g/mol. The van der Waals surface area contributed by atoms with Crippen molar-refractivity contribution in [2.75, 3.05) is 41.5 Å². The molecule has 0 saturated heterocycles. The number of hydrogen-bond acceptors (Lipinski definition) is 17. The van der Waals surface area contributed by atoms with Gasteiger partial charge in [0.2, 0.25) is 12.3 Å². The van der Waals surface area contributed by atoms with Gasteiger partial charge in [0, 0.05) is 33.2 Å². The number of amides is 4. The van der Waals surface area contributed by atoms with Crippen molar-refractivity contribution in [3.05, 3.63) is 143 Å². The van der Waals surface area contributed by atoms with E-state index in [2.05, 4.69) is 16.0 Å². The number of nitrogens with zero attached hydrogens (tertiary/aromatic N) is 2. The Labute approximate surface area is 447 Å². The van der Waals surface area contributed by atoms with Gasteiger partial charge in [-0.05, 0) is 67.4 Å². The molecule has 0 aliphatic carbocycles. The zero-order chi connectivity index (χ0) is 56.5. The summed E-state index contributed by atoms with van der Waals surface area (Å²) in [6.07, 6.45) is 3.87. The van der Waals surface area contributed by atoms with E-state index in [1.807, 2.05) is 67.6 Å². The molecule has 4 N–H and O–H groups in total. The minimum absolute atomic E-state index is 0.0644. The zero-order valence-electron chi connectivity index (χ0n) is 44.0. The number of aldehydes is 2. The number of ether oxygens (including phenoxy) is 4. The third-order valence-corrected chi connectivity index (χ3v) is 11.2. The van der Waals surface area contributed by atoms with Crippen LogP contribution in [0, 0.1) is 5.92 Å². The molecule has 4 aromatic carbocycles. The monoisotopic (exact) mass is 1070 g/mol. The van der Waals surface area contributed by atoms with Gasteiger partial charge in [-0.2, -0.15) is 5.06 Å². The largest absolute Gasteiger partial charge is 0.481 e. The number of unbranched alkanes of at least 4 members (excludes halogenated alkanes) is 2. The highest BCUT2D eigenvalue weighted by Gasteiger charge is 2.34. The molecule has 21 nitrogen and oxygen atoms in total. The van der Waals surface area contributed by atoms with Crippen LogP contribution in [-0.2, 0) is 51.5 Å². The Morgan fingerprint density at radius 2 is 1.40 bits per heavy atom. The van der Waals surface area contributed by atoms with Gasteiger partial charge in [0.05, 0.1) is 24.2 Å². The van der Waals surface area contributed by atoms with E-state index in [0.717, 1.165) is 36.1 Å². The summed E-state index contributed by atoms with van der Waals surface area (Å²) in [6, 6.07) is 30.5. The van der Waals surface area contributed by atoms with Crippen LogP contribution in [0.1, 0.15) is 94.8 Å². The molecule has 0 aliphatic heterocycles. The Bertz CT molecular complexity index is 2660. The number of esters is 2. The topological polar surface area (TPSA) is 276 Å². The molecule has 0 saturated carbocycles. The molecule has 77 heavy (non-hydrogen) atoms. The summed E-state index contributed by atoms with van der Waals surface area (Å²) in [5.41, 5.74) is 2.27. The molecule has 0 spiro atoms. The van der Waals surface area contributed by atoms with Gasteiger partial charge < -0.3 is 59.0 Å². The predicted molar refractivity (Wildman–Crippen MR) is 281 cm³/mol. The Balaban J connectivity index is 0.000000735. The second kappa shape index (κ2) is 34.7. The number of hydroxylamine groups is 2. The lowest BCUT2D eigenvalue weighted by atomic mass is 9.90. The fraction of sp³-hybridized carbons (Fsp3) is 0.339. The van der Waals surface area contributed by atoms with Gasteiger partial charge in [-0.15, -0.1) is 0 Å². The molecule has 4 amide bonds. The number of hydrogen-bond donors (Lipinski definition) is 4. The molecular formula is C56H67N5O16. The average Bonchev–Trinajstić information content (AvgIpc) is 3.96. The lowest BCUT2D eigenvalue weighted by molar-refractivity contribution is -0.171. The Kier molecular flexibility index (Phi) is 28.2. The first-order chi connectivity index (χ1) is 37.3. The number of aliphatic hydroxyl groups is 1. The van der Waals surface area contributed by atoms with E-state index in [4.69, 9.17) is 33.3 Å². The van der Waals surface area contributed by atoms with Crippen LogP contribution in [-0.4, -0.2) is 123 Å². The van der Waals surface area contributed by atoms with E-state index in [-0.39, 0.29) is 66.9 Å². The fourth-order valence-corrected chi connectivity index (χ4v) is 7.10. The summed E-state index contributed by atoms with van der Waals surface area (Å²) in [5.74, 6) is -3.78. The number of carbonyl (C=O) groups excluding carboxylic acids is 9. The van der Waals surface area contributed by atoms with Gasteiger partial charge in [0.25, 0.3) is 5.91 Å². The van der Waals surface area contributed by atoms with Gasteiger partial charge >= 0.3 is 24.0 Å². The maximum atomic E-state index is 13.6. The third kappa shape index (κ3) is 20.9. The van der Waals surface area contributed by atoms with E-state index in [9.17, 15) is 43.2 Å². The van der Waals surface area contributed by atoms with Crippen LogP contribution in [0.25, 0.3) is 11.3 Å². The summed E-state index contributed by atoms with van der Waals surface area (Å²) in [5, 5.41) is 15.8. The summed E-state index contributed by atoms with van der Waals surface area (Å²) >= 11 is 0. The van der Waals surface area contributed by atoms with Crippen molar-refractivity contribution in [2.24, 2.45) is 5.92 Å². The maximum Gasteiger partial charge on any atom is 0.414 e. The van der Waals surface area contributed by atoms with Crippen LogP contribution in [0.4, 0.5) is 4.79 Å². The van der Waals surface area contributed by atoms with Crippen molar-refractivity contribution in [3.8, 4) is 22.8 Å². The van der Waals surface area contributed by atoms with Crippen molar-refractivity contribution < 1.29 is 76.5 Å². The third-order valence-electron chi connectivity index (χ3n) is 11.2. The molecule has 3 atom stereocenters. The summed E-state index contributed by atoms with van der Waals surface area (Å²) in [7, 11) is 5.58. The summed E-state index contributed by atoms with van der Waals surface area (Å²) in [6.45, 7) is 3.29. The average molecular weight is 1070 g/mol. The van der Waals surface area contributed by atoms with Crippen molar-refractivity contribution in [1.29, 1.82) is 0 Å². The number of para-hydroxylation sites is 1. The van der Waals surface area contributed by atoms with Gasteiger partial charge in [-0.1, -0.05) is 112 Å². The first-order valence-corrected chi connectivity index (χ1v) is 24.5. The second-order valence-corrected chi connectivity index (χ2v) is 16.7. The molecule has 1 aromatic heterocycles. The van der Waals surface area contributed by atoms with E-state index in [1.54, 1.807) is 32.2 Å². The first kappa shape index (κ1) is 62.6. The number of nitrogens with one attached hydrogen (secondary N) is 3. The molecule has 5 aromatic rings. The van der Waals surface area contributed by atoms with E-state index in [0.29, 0.717) is 37.4 Å². The number of carbonyl (C=O) groups is 9. The number of benzene rings is 4. The summed E-state index contributed by atoms with van der Waals surface area (Å²) in [4.78, 5) is 117. The van der Waals surface area contributed by atoms with E-state index in [1.165, 1.54) is 55.4 Å². The highest BCUT2D eigenvalue weighted by atomic mass is 16.7. The Hall–Kier alpha value is -8.69. The first-order valence-electron chi connectivity index (χ1n) is 24.5. The van der Waals surface area contributed by atoms with Crippen LogP contribution < -0.4 is 25.4 Å². The molecule has 5 rings (SSSR count). The van der Waals surface area contributed by atoms with Crippen LogP contribution in [0.15, 0.2) is 120 Å². The van der Waals surface area contributed by atoms with Crippen LogP contribution >= 0.6 is 0 Å². The molecule has 0 bridgehead atoms. The van der Waals surface area contributed by atoms with E-state index < -0.39 is 60.4 Å². The lowest BCUT2D eigenvalue weighted by Gasteiger charge is -2.32. The van der Waals surface area contributed by atoms with E-state index >= 15 is 0 Å².